The Labute approximate surface area is 221 Å². The van der Waals surface area contributed by atoms with Crippen LogP contribution in [-0.4, -0.2) is 36.2 Å². The van der Waals surface area contributed by atoms with Gasteiger partial charge in [0.1, 0.15) is 22.7 Å². The molecule has 6 rings (SSSR count). The lowest BCUT2D eigenvalue weighted by atomic mass is 10.1. The van der Waals surface area contributed by atoms with Crippen molar-refractivity contribution in [2.24, 2.45) is 0 Å². The summed E-state index contributed by atoms with van der Waals surface area (Å²) in [5, 5.41) is 5.76. The maximum Gasteiger partial charge on any atom is 0.411 e. The molecule has 2 aromatic carbocycles. The standard InChI is InChI=1S/C28H23F4N7/c1-17-33-13-14-39(17)21-4-2-3-18(15-21)16-34-26-36-23-10-9-22(19-5-7-20(29)8-6-19)35-24(23)25(37-26)38-27(11-12-27)28(30,31)32/h2-10,13-15H,11-12,16H2,1H3,(H2,34,36,37,38). The topological polar surface area (TPSA) is 80.5 Å². The van der Waals surface area contributed by atoms with E-state index in [1.165, 1.54) is 12.1 Å². The number of hydrogen-bond donors (Lipinski definition) is 2. The number of nitrogens with zero attached hydrogens (tertiary/aromatic N) is 5. The molecule has 198 valence electrons. The number of rotatable bonds is 7. The number of imidazole rings is 1. The summed E-state index contributed by atoms with van der Waals surface area (Å²) in [6.45, 7) is 2.25. The van der Waals surface area contributed by atoms with E-state index in [1.807, 2.05) is 42.0 Å². The van der Waals surface area contributed by atoms with E-state index in [0.29, 0.717) is 23.3 Å². The van der Waals surface area contributed by atoms with Crippen LogP contribution in [0.2, 0.25) is 0 Å². The predicted molar refractivity (Wildman–Crippen MR) is 140 cm³/mol. The molecule has 0 bridgehead atoms. The number of pyridine rings is 1. The number of fused-ring (bicyclic) bond motifs is 1. The maximum atomic E-state index is 13.8. The van der Waals surface area contributed by atoms with Crippen LogP contribution >= 0.6 is 0 Å². The van der Waals surface area contributed by atoms with Crippen LogP contribution in [0.15, 0.2) is 73.1 Å². The number of alkyl halides is 3. The molecule has 3 aromatic heterocycles. The Hall–Kier alpha value is -4.54. The van der Waals surface area contributed by atoms with Crippen molar-refractivity contribution in [1.82, 2.24) is 24.5 Å². The van der Waals surface area contributed by atoms with E-state index in [2.05, 4.69) is 30.6 Å². The molecule has 0 atom stereocenters. The molecule has 0 unspecified atom stereocenters. The molecule has 3 heterocycles. The largest absolute Gasteiger partial charge is 0.411 e. The summed E-state index contributed by atoms with van der Waals surface area (Å²) >= 11 is 0. The van der Waals surface area contributed by atoms with Crippen LogP contribution in [-0.2, 0) is 6.54 Å². The Balaban J connectivity index is 1.34. The van der Waals surface area contributed by atoms with Crippen LogP contribution in [0.3, 0.4) is 0 Å². The fourth-order valence-corrected chi connectivity index (χ4v) is 4.44. The molecule has 1 saturated carbocycles. The normalized spacial score (nSPS) is 14.4. The Bertz CT molecular complexity index is 1660. The Kier molecular flexibility index (Phi) is 5.93. The number of aromatic nitrogens is 5. The van der Waals surface area contributed by atoms with Crippen LogP contribution in [0, 0.1) is 12.7 Å². The summed E-state index contributed by atoms with van der Waals surface area (Å²) in [5.74, 6) is 0.611. The fraction of sp³-hybridized carbons (Fsp3) is 0.214. The smallest absolute Gasteiger partial charge is 0.354 e. The molecule has 0 radical (unpaired) electrons. The van der Waals surface area contributed by atoms with Crippen molar-refractivity contribution in [3.63, 3.8) is 0 Å². The maximum absolute atomic E-state index is 13.8. The molecule has 39 heavy (non-hydrogen) atoms. The highest BCUT2D eigenvalue weighted by Crippen LogP contribution is 2.51. The minimum atomic E-state index is -4.45. The van der Waals surface area contributed by atoms with Gasteiger partial charge >= 0.3 is 6.18 Å². The zero-order valence-electron chi connectivity index (χ0n) is 20.8. The number of halogens is 4. The van der Waals surface area contributed by atoms with Crippen LogP contribution < -0.4 is 10.6 Å². The van der Waals surface area contributed by atoms with Crippen LogP contribution in [0.5, 0.6) is 0 Å². The lowest BCUT2D eigenvalue weighted by Crippen LogP contribution is -2.39. The molecule has 0 spiro atoms. The van der Waals surface area contributed by atoms with Crippen molar-refractivity contribution < 1.29 is 17.6 Å². The second-order valence-corrected chi connectivity index (χ2v) is 9.54. The summed E-state index contributed by atoms with van der Waals surface area (Å²) in [6.07, 6.45) is -0.960. The zero-order valence-corrected chi connectivity index (χ0v) is 20.8. The molecule has 2 N–H and O–H groups in total. The summed E-state index contributed by atoms with van der Waals surface area (Å²) in [4.78, 5) is 17.8. The first-order valence-electron chi connectivity index (χ1n) is 12.3. The molecule has 0 saturated heterocycles. The second-order valence-electron chi connectivity index (χ2n) is 9.54. The third-order valence-corrected chi connectivity index (χ3v) is 6.80. The van der Waals surface area contributed by atoms with Crippen molar-refractivity contribution in [3.05, 3.63) is 90.3 Å². The van der Waals surface area contributed by atoms with E-state index in [9.17, 15) is 17.6 Å². The molecule has 0 aliphatic heterocycles. The first-order valence-corrected chi connectivity index (χ1v) is 12.3. The molecular weight excluding hydrogens is 510 g/mol. The molecule has 11 heteroatoms. The van der Waals surface area contributed by atoms with E-state index in [1.54, 1.807) is 30.5 Å². The van der Waals surface area contributed by atoms with Gasteiger partial charge in [0, 0.05) is 30.2 Å². The monoisotopic (exact) mass is 533 g/mol. The molecule has 1 fully saturated rings. The van der Waals surface area contributed by atoms with Gasteiger partial charge in [-0.2, -0.15) is 18.2 Å². The van der Waals surface area contributed by atoms with Crippen LogP contribution in [0.4, 0.5) is 29.3 Å². The first kappa shape index (κ1) is 24.8. The van der Waals surface area contributed by atoms with Crippen LogP contribution in [0.1, 0.15) is 24.2 Å². The molecule has 0 amide bonds. The fourth-order valence-electron chi connectivity index (χ4n) is 4.44. The zero-order chi connectivity index (χ0) is 27.2. The van der Waals surface area contributed by atoms with Crippen molar-refractivity contribution in [1.29, 1.82) is 0 Å². The Morgan fingerprint density at radius 3 is 2.46 bits per heavy atom. The molecule has 1 aliphatic rings. The molecule has 5 aromatic rings. The quantitative estimate of drug-likeness (QED) is 0.234. The van der Waals surface area contributed by atoms with Gasteiger partial charge in [-0.15, -0.1) is 0 Å². The molecule has 1 aliphatic carbocycles. The third-order valence-electron chi connectivity index (χ3n) is 6.80. The summed E-state index contributed by atoms with van der Waals surface area (Å²) in [5.41, 5.74) is 1.49. The van der Waals surface area contributed by atoms with Crippen molar-refractivity contribution in [2.75, 3.05) is 10.6 Å². The average molecular weight is 534 g/mol. The first-order chi connectivity index (χ1) is 18.7. The Morgan fingerprint density at radius 2 is 1.77 bits per heavy atom. The van der Waals surface area contributed by atoms with Crippen molar-refractivity contribution in [2.45, 2.75) is 38.0 Å². The minimum absolute atomic E-state index is 0.0101. The predicted octanol–water partition coefficient (Wildman–Crippen LogP) is 6.44. The van der Waals surface area contributed by atoms with Gasteiger partial charge in [-0.05, 0) is 73.9 Å². The van der Waals surface area contributed by atoms with Gasteiger partial charge in [0.05, 0.1) is 11.2 Å². The lowest BCUT2D eigenvalue weighted by molar-refractivity contribution is -0.151. The van der Waals surface area contributed by atoms with E-state index in [0.717, 1.165) is 17.1 Å². The number of benzene rings is 2. The number of nitrogens with one attached hydrogen (secondary N) is 2. The second kappa shape index (κ2) is 9.33. The van der Waals surface area contributed by atoms with Crippen molar-refractivity contribution >= 4 is 22.8 Å². The van der Waals surface area contributed by atoms with E-state index < -0.39 is 17.5 Å². The highest BCUT2D eigenvalue weighted by atomic mass is 19.4. The van der Waals surface area contributed by atoms with Crippen molar-refractivity contribution in [3.8, 4) is 16.9 Å². The number of aryl methyl sites for hydroxylation is 1. The van der Waals surface area contributed by atoms with Gasteiger partial charge in [-0.1, -0.05) is 12.1 Å². The van der Waals surface area contributed by atoms with Gasteiger partial charge in [-0.25, -0.2) is 19.3 Å². The molecular formula is C28H23F4N7. The SMILES string of the molecule is Cc1nccn1-c1cccc(CNc2nc(NC3(C(F)(F)F)CC3)c3nc(-c4ccc(F)cc4)ccc3n2)c1. The average Bonchev–Trinajstić information content (AvgIpc) is 3.60. The number of hydrogen-bond acceptors (Lipinski definition) is 6. The summed E-state index contributed by atoms with van der Waals surface area (Å²) < 4.78 is 56.9. The lowest BCUT2D eigenvalue weighted by Gasteiger charge is -2.22. The summed E-state index contributed by atoms with van der Waals surface area (Å²) in [7, 11) is 0. The minimum Gasteiger partial charge on any atom is -0.354 e. The Morgan fingerprint density at radius 1 is 0.974 bits per heavy atom. The highest BCUT2D eigenvalue weighted by Gasteiger charge is 2.64. The van der Waals surface area contributed by atoms with Gasteiger partial charge in [0.15, 0.2) is 5.82 Å². The van der Waals surface area contributed by atoms with E-state index in [-0.39, 0.29) is 30.1 Å². The van der Waals surface area contributed by atoms with E-state index >= 15 is 0 Å². The van der Waals surface area contributed by atoms with Gasteiger partial charge in [-0.3, -0.25) is 0 Å². The van der Waals surface area contributed by atoms with Crippen LogP contribution in [0.25, 0.3) is 28.0 Å². The van der Waals surface area contributed by atoms with E-state index in [4.69, 9.17) is 0 Å². The van der Waals surface area contributed by atoms with Gasteiger partial charge in [0.25, 0.3) is 0 Å². The highest BCUT2D eigenvalue weighted by molar-refractivity contribution is 5.88. The van der Waals surface area contributed by atoms with Gasteiger partial charge < -0.3 is 15.2 Å². The summed E-state index contributed by atoms with van der Waals surface area (Å²) in [6, 6.07) is 16.9. The van der Waals surface area contributed by atoms with Gasteiger partial charge in [0.2, 0.25) is 5.95 Å². The number of anilines is 2. The molecule has 7 nitrogen and oxygen atoms in total. The third kappa shape index (κ3) is 4.87.